The second-order valence-corrected chi connectivity index (χ2v) is 11.6. The van der Waals surface area contributed by atoms with Gasteiger partial charge >= 0.3 is 5.97 Å². The molecule has 36 heavy (non-hydrogen) atoms. The number of carbonyl (C=O) groups is 2. The Balaban J connectivity index is 1.59. The normalized spacial score (nSPS) is 22.1. The van der Waals surface area contributed by atoms with E-state index in [4.69, 9.17) is 14.5 Å². The van der Waals surface area contributed by atoms with Crippen molar-refractivity contribution in [1.29, 1.82) is 5.26 Å². The summed E-state index contributed by atoms with van der Waals surface area (Å²) < 4.78 is 10.9. The van der Waals surface area contributed by atoms with E-state index in [2.05, 4.69) is 38.7 Å². The average molecular weight is 497 g/mol. The molecule has 2 fully saturated rings. The number of ether oxygens (including phenoxy) is 2. The highest BCUT2D eigenvalue weighted by Crippen LogP contribution is 2.46. The summed E-state index contributed by atoms with van der Waals surface area (Å²) in [7, 11) is 1.38. The molecule has 3 heterocycles. The van der Waals surface area contributed by atoms with Crippen LogP contribution in [0.3, 0.4) is 0 Å². The van der Waals surface area contributed by atoms with Crippen LogP contribution in [0.4, 0.5) is 5.82 Å². The summed E-state index contributed by atoms with van der Waals surface area (Å²) in [6.45, 7) is 12.6. The number of hydrogen-bond acceptors (Lipinski definition) is 7. The van der Waals surface area contributed by atoms with E-state index in [1.54, 1.807) is 6.92 Å². The first kappa shape index (κ1) is 26.4. The maximum atomic E-state index is 13.2. The first-order valence-corrected chi connectivity index (χ1v) is 13.3. The van der Waals surface area contributed by atoms with E-state index < -0.39 is 0 Å². The number of fused-ring (bicyclic) bond motifs is 1. The molecule has 8 nitrogen and oxygen atoms in total. The van der Waals surface area contributed by atoms with Crippen molar-refractivity contribution in [3.63, 3.8) is 0 Å². The number of nitriles is 1. The lowest BCUT2D eigenvalue weighted by atomic mass is 9.87. The number of rotatable bonds is 7. The van der Waals surface area contributed by atoms with E-state index in [0.29, 0.717) is 57.0 Å². The molecule has 8 heteroatoms. The van der Waals surface area contributed by atoms with Gasteiger partial charge in [-0.3, -0.25) is 9.59 Å². The predicted molar refractivity (Wildman–Crippen MR) is 136 cm³/mol. The van der Waals surface area contributed by atoms with Crippen LogP contribution in [0.25, 0.3) is 0 Å². The van der Waals surface area contributed by atoms with Crippen LogP contribution in [0, 0.1) is 23.2 Å². The number of methoxy groups -OCH3 is 1. The summed E-state index contributed by atoms with van der Waals surface area (Å²) in [5, 5.41) is 10.3. The largest absolute Gasteiger partial charge is 0.469 e. The molecule has 1 aliphatic carbocycles. The fourth-order valence-electron chi connectivity index (χ4n) is 5.50. The predicted octanol–water partition coefficient (Wildman–Crippen LogP) is 3.94. The fraction of sp³-hybridized carbons (Fsp3) is 0.714. The SMILES string of the molecule is COC(=O)C(C)CCC(=O)N1CCN(c2nc(C3CC3)c3c(c2C#N)CC(C)(C)OC3)C[C@H]1C(C)C. The fourth-order valence-corrected chi connectivity index (χ4v) is 5.50. The van der Waals surface area contributed by atoms with E-state index in [1.807, 2.05) is 4.90 Å². The Morgan fingerprint density at radius 2 is 1.94 bits per heavy atom. The molecule has 1 aromatic rings. The Bertz CT molecular complexity index is 1060. The maximum Gasteiger partial charge on any atom is 0.308 e. The van der Waals surface area contributed by atoms with Crippen molar-refractivity contribution in [2.45, 2.75) is 90.9 Å². The summed E-state index contributed by atoms with van der Waals surface area (Å²) in [6.07, 6.45) is 3.76. The Kier molecular flexibility index (Phi) is 7.61. The third-order valence-electron chi connectivity index (χ3n) is 7.91. The van der Waals surface area contributed by atoms with E-state index in [0.717, 1.165) is 35.5 Å². The topological polar surface area (TPSA) is 95.8 Å². The van der Waals surface area contributed by atoms with E-state index >= 15 is 0 Å². The highest BCUT2D eigenvalue weighted by Gasteiger charge is 2.39. The molecule has 2 aliphatic heterocycles. The van der Waals surface area contributed by atoms with Crippen molar-refractivity contribution in [2.75, 3.05) is 31.6 Å². The molecular formula is C28H40N4O4. The smallest absolute Gasteiger partial charge is 0.308 e. The molecule has 0 aromatic carbocycles. The molecule has 1 amide bonds. The second kappa shape index (κ2) is 10.4. The maximum absolute atomic E-state index is 13.2. The van der Waals surface area contributed by atoms with Gasteiger partial charge in [0.1, 0.15) is 11.9 Å². The Hall–Kier alpha value is -2.66. The van der Waals surface area contributed by atoms with Crippen molar-refractivity contribution in [3.05, 3.63) is 22.4 Å². The number of aromatic nitrogens is 1. The van der Waals surface area contributed by atoms with Crippen molar-refractivity contribution in [1.82, 2.24) is 9.88 Å². The lowest BCUT2D eigenvalue weighted by molar-refractivity contribution is -0.145. The number of esters is 1. The van der Waals surface area contributed by atoms with E-state index in [1.165, 1.54) is 7.11 Å². The average Bonchev–Trinajstić information content (AvgIpc) is 3.69. The molecule has 2 atom stereocenters. The molecule has 3 aliphatic rings. The lowest BCUT2D eigenvalue weighted by Gasteiger charge is -2.44. The summed E-state index contributed by atoms with van der Waals surface area (Å²) in [4.78, 5) is 34.2. The monoisotopic (exact) mass is 496 g/mol. The molecule has 1 unspecified atom stereocenters. The number of carbonyl (C=O) groups excluding carboxylic acids is 2. The van der Waals surface area contributed by atoms with Gasteiger partial charge in [-0.15, -0.1) is 0 Å². The molecule has 0 radical (unpaired) electrons. The molecule has 1 saturated heterocycles. The van der Waals surface area contributed by atoms with Crippen LogP contribution in [0.15, 0.2) is 0 Å². The number of hydrogen-bond donors (Lipinski definition) is 0. The van der Waals surface area contributed by atoms with Crippen LogP contribution in [-0.2, 0) is 32.1 Å². The molecular weight excluding hydrogens is 456 g/mol. The Morgan fingerprint density at radius 3 is 2.56 bits per heavy atom. The molecule has 1 aromatic heterocycles. The molecule has 0 N–H and O–H groups in total. The van der Waals surface area contributed by atoms with Crippen molar-refractivity contribution in [2.24, 2.45) is 11.8 Å². The lowest BCUT2D eigenvalue weighted by Crippen LogP contribution is -2.57. The first-order chi connectivity index (χ1) is 17.1. The molecule has 1 saturated carbocycles. The minimum atomic E-state index is -0.315. The molecule has 0 spiro atoms. The van der Waals surface area contributed by atoms with Crippen LogP contribution in [0.1, 0.15) is 88.6 Å². The zero-order valence-electron chi connectivity index (χ0n) is 22.6. The van der Waals surface area contributed by atoms with Crippen LogP contribution in [-0.4, -0.2) is 60.1 Å². The number of nitrogens with zero attached hydrogens (tertiary/aromatic N) is 4. The van der Waals surface area contributed by atoms with Gasteiger partial charge in [0.2, 0.25) is 5.91 Å². The van der Waals surface area contributed by atoms with Gasteiger partial charge in [-0.1, -0.05) is 20.8 Å². The molecule has 196 valence electrons. The van der Waals surface area contributed by atoms with Crippen LogP contribution >= 0.6 is 0 Å². The van der Waals surface area contributed by atoms with Crippen LogP contribution in [0.2, 0.25) is 0 Å². The van der Waals surface area contributed by atoms with Gasteiger partial charge in [0.15, 0.2) is 0 Å². The van der Waals surface area contributed by atoms with Crippen molar-refractivity contribution < 1.29 is 19.1 Å². The van der Waals surface area contributed by atoms with Gasteiger partial charge < -0.3 is 19.3 Å². The van der Waals surface area contributed by atoms with Crippen molar-refractivity contribution in [3.8, 4) is 6.07 Å². The van der Waals surface area contributed by atoms with Crippen molar-refractivity contribution >= 4 is 17.7 Å². The quantitative estimate of drug-likeness (QED) is 0.528. The standard InChI is InChI=1S/C28H40N4O4/c1-17(2)23-15-31(11-12-32(23)24(33)10-7-18(3)27(34)35-6)26-21(14-29)20-13-28(4,5)36-16-22(20)25(30-26)19-8-9-19/h17-19,23H,7-13,15-16H2,1-6H3/t18?,23-/m0/s1. The summed E-state index contributed by atoms with van der Waals surface area (Å²) in [5.41, 5.74) is 3.67. The highest BCUT2D eigenvalue weighted by molar-refractivity contribution is 5.78. The first-order valence-electron chi connectivity index (χ1n) is 13.3. The number of piperazine rings is 1. The zero-order valence-corrected chi connectivity index (χ0v) is 22.6. The number of pyridine rings is 1. The van der Waals surface area contributed by atoms with Crippen LogP contribution < -0.4 is 4.90 Å². The minimum absolute atomic E-state index is 0.00760. The van der Waals surface area contributed by atoms with E-state index in [-0.39, 0.29) is 35.4 Å². The molecule has 0 bridgehead atoms. The van der Waals surface area contributed by atoms with E-state index in [9.17, 15) is 14.9 Å². The highest BCUT2D eigenvalue weighted by atomic mass is 16.5. The van der Waals surface area contributed by atoms with Gasteiger partial charge in [-0.25, -0.2) is 4.98 Å². The second-order valence-electron chi connectivity index (χ2n) is 11.6. The van der Waals surface area contributed by atoms with Gasteiger partial charge in [0.05, 0.1) is 42.5 Å². The summed E-state index contributed by atoms with van der Waals surface area (Å²) in [5.74, 6) is 0.956. The Morgan fingerprint density at radius 1 is 1.22 bits per heavy atom. The summed E-state index contributed by atoms with van der Waals surface area (Å²) >= 11 is 0. The zero-order chi connectivity index (χ0) is 26.2. The van der Waals surface area contributed by atoms with Gasteiger partial charge in [0.25, 0.3) is 0 Å². The van der Waals surface area contributed by atoms with Gasteiger partial charge in [-0.2, -0.15) is 5.26 Å². The van der Waals surface area contributed by atoms with Gasteiger partial charge in [0, 0.05) is 44.0 Å². The third-order valence-corrected chi connectivity index (χ3v) is 7.91. The summed E-state index contributed by atoms with van der Waals surface area (Å²) in [6, 6.07) is 2.50. The number of amides is 1. The Labute approximate surface area is 214 Å². The third kappa shape index (κ3) is 5.36. The number of anilines is 1. The van der Waals surface area contributed by atoms with Crippen LogP contribution in [0.5, 0.6) is 0 Å². The van der Waals surface area contributed by atoms with Gasteiger partial charge in [-0.05, 0) is 44.6 Å². The minimum Gasteiger partial charge on any atom is -0.469 e. The molecule has 4 rings (SSSR count).